The van der Waals surface area contributed by atoms with E-state index < -0.39 is 0 Å². The Morgan fingerprint density at radius 2 is 1.86 bits per heavy atom. The van der Waals surface area contributed by atoms with Gasteiger partial charge in [0.15, 0.2) is 5.11 Å². The van der Waals surface area contributed by atoms with Crippen LogP contribution in [-0.2, 0) is 4.79 Å². The van der Waals surface area contributed by atoms with Crippen molar-refractivity contribution < 1.29 is 4.79 Å². The van der Waals surface area contributed by atoms with Crippen molar-refractivity contribution in [2.24, 2.45) is 0 Å². The minimum Gasteiger partial charge on any atom is -0.352 e. The van der Waals surface area contributed by atoms with Crippen molar-refractivity contribution in [1.82, 2.24) is 24.8 Å². The van der Waals surface area contributed by atoms with E-state index in [1.54, 1.807) is 12.4 Å². The Morgan fingerprint density at radius 3 is 2.60 bits per heavy atom. The van der Waals surface area contributed by atoms with Crippen molar-refractivity contribution in [1.29, 1.82) is 0 Å². The number of thiocarbonyl (C=S) groups is 1. The molecule has 4 heterocycles. The number of hydrogen-bond donors (Lipinski definition) is 2. The molecule has 1 saturated heterocycles. The van der Waals surface area contributed by atoms with Gasteiger partial charge in [0.1, 0.15) is 0 Å². The summed E-state index contributed by atoms with van der Waals surface area (Å²) < 4.78 is 2.19. The molecule has 1 aromatic carbocycles. The van der Waals surface area contributed by atoms with Crippen LogP contribution in [0.25, 0.3) is 5.69 Å². The molecule has 0 saturated carbocycles. The van der Waals surface area contributed by atoms with Crippen LogP contribution in [0.1, 0.15) is 35.6 Å². The Bertz CT molecular complexity index is 1310. The molecule has 0 aliphatic carbocycles. The number of aryl methyl sites for hydroxylation is 1. The molecule has 4 aromatic rings. The lowest BCUT2D eigenvalue weighted by Gasteiger charge is -2.29. The summed E-state index contributed by atoms with van der Waals surface area (Å²) in [5.74, 6) is -0.0575. The number of hydrogen-bond acceptors (Lipinski definition) is 4. The van der Waals surface area contributed by atoms with Gasteiger partial charge >= 0.3 is 0 Å². The monoisotopic (exact) mass is 482 g/mol. The molecule has 3 aromatic heterocycles. The Kier molecular flexibility index (Phi) is 6.54. The van der Waals surface area contributed by atoms with Gasteiger partial charge in [0.2, 0.25) is 5.91 Å². The minimum atomic E-state index is -0.161. The van der Waals surface area contributed by atoms with Gasteiger partial charge in [-0.2, -0.15) is 0 Å². The van der Waals surface area contributed by atoms with Crippen LogP contribution >= 0.6 is 12.2 Å². The molecule has 0 unspecified atom stereocenters. The summed E-state index contributed by atoms with van der Waals surface area (Å²) in [6, 6.07) is 23.2. The fourth-order valence-electron chi connectivity index (χ4n) is 4.56. The minimum absolute atomic E-state index is 0.0575. The zero-order valence-electron chi connectivity index (χ0n) is 19.3. The SMILES string of the molecule is Cc1ccc([C@@H]2[C@H](c3ccccn3)NC(=S)N2CCC(=O)Nc2ccccc2)n1-c1cccnc1. The number of nitrogens with zero attached hydrogens (tertiary/aromatic N) is 4. The van der Waals surface area contributed by atoms with Gasteiger partial charge < -0.3 is 20.1 Å². The number of carbonyl (C=O) groups excluding carboxylic acids is 1. The van der Waals surface area contributed by atoms with Gasteiger partial charge in [0.25, 0.3) is 0 Å². The molecule has 5 rings (SSSR count). The van der Waals surface area contributed by atoms with Crippen LogP contribution in [0.3, 0.4) is 0 Å². The number of aromatic nitrogens is 3. The van der Waals surface area contributed by atoms with Gasteiger partial charge in [-0.1, -0.05) is 24.3 Å². The second-order valence-electron chi connectivity index (χ2n) is 8.43. The Labute approximate surface area is 209 Å². The average molecular weight is 483 g/mol. The molecule has 1 aliphatic heterocycles. The van der Waals surface area contributed by atoms with E-state index in [0.717, 1.165) is 28.5 Å². The predicted molar refractivity (Wildman–Crippen MR) is 140 cm³/mol. The lowest BCUT2D eigenvalue weighted by molar-refractivity contribution is -0.116. The van der Waals surface area contributed by atoms with Crippen molar-refractivity contribution in [3.8, 4) is 5.69 Å². The number of carbonyl (C=O) groups is 1. The zero-order valence-corrected chi connectivity index (χ0v) is 20.2. The summed E-state index contributed by atoms with van der Waals surface area (Å²) in [7, 11) is 0. The highest BCUT2D eigenvalue weighted by atomic mass is 32.1. The molecule has 0 radical (unpaired) electrons. The van der Waals surface area contributed by atoms with E-state index in [0.29, 0.717) is 18.1 Å². The van der Waals surface area contributed by atoms with E-state index in [2.05, 4.69) is 49.1 Å². The third kappa shape index (κ3) is 4.79. The summed E-state index contributed by atoms with van der Waals surface area (Å²) in [6.07, 6.45) is 5.71. The number of rotatable bonds is 7. The van der Waals surface area contributed by atoms with Gasteiger partial charge in [-0.05, 0) is 67.7 Å². The van der Waals surface area contributed by atoms with Gasteiger partial charge in [-0.25, -0.2) is 0 Å². The molecule has 1 fully saturated rings. The highest BCUT2D eigenvalue weighted by Crippen LogP contribution is 2.40. The third-order valence-corrected chi connectivity index (χ3v) is 6.50. The Balaban J connectivity index is 1.47. The largest absolute Gasteiger partial charge is 0.352 e. The molecule has 176 valence electrons. The summed E-state index contributed by atoms with van der Waals surface area (Å²) in [5.41, 5.74) is 4.80. The number of benzene rings is 1. The van der Waals surface area contributed by atoms with E-state index in [9.17, 15) is 4.79 Å². The second kappa shape index (κ2) is 10.1. The van der Waals surface area contributed by atoms with Crippen LogP contribution in [0, 0.1) is 6.92 Å². The molecule has 35 heavy (non-hydrogen) atoms. The molecular weight excluding hydrogens is 456 g/mol. The van der Waals surface area contributed by atoms with E-state index in [4.69, 9.17) is 12.2 Å². The molecule has 8 heteroatoms. The van der Waals surface area contributed by atoms with Crippen molar-refractivity contribution >= 4 is 28.9 Å². The van der Waals surface area contributed by atoms with Gasteiger partial charge in [-0.3, -0.25) is 14.8 Å². The van der Waals surface area contributed by atoms with Crippen molar-refractivity contribution in [2.75, 3.05) is 11.9 Å². The molecule has 7 nitrogen and oxygen atoms in total. The smallest absolute Gasteiger partial charge is 0.226 e. The van der Waals surface area contributed by atoms with Crippen LogP contribution in [0.2, 0.25) is 0 Å². The molecule has 1 aliphatic rings. The van der Waals surface area contributed by atoms with Gasteiger partial charge in [0.05, 0.1) is 29.7 Å². The van der Waals surface area contributed by atoms with Gasteiger partial charge in [0, 0.05) is 42.4 Å². The van der Waals surface area contributed by atoms with Crippen molar-refractivity contribution in [2.45, 2.75) is 25.4 Å². The van der Waals surface area contributed by atoms with Crippen LogP contribution in [-0.4, -0.2) is 37.0 Å². The summed E-state index contributed by atoms with van der Waals surface area (Å²) >= 11 is 5.78. The maximum absolute atomic E-state index is 12.7. The topological polar surface area (TPSA) is 75.1 Å². The zero-order chi connectivity index (χ0) is 24.2. The highest BCUT2D eigenvalue weighted by Gasteiger charge is 2.41. The van der Waals surface area contributed by atoms with E-state index in [1.807, 2.05) is 66.9 Å². The first-order valence-corrected chi connectivity index (χ1v) is 11.9. The summed E-state index contributed by atoms with van der Waals surface area (Å²) in [4.78, 5) is 23.8. The summed E-state index contributed by atoms with van der Waals surface area (Å²) in [6.45, 7) is 2.54. The number of nitrogens with one attached hydrogen (secondary N) is 2. The molecule has 1 amide bonds. The average Bonchev–Trinajstić information content (AvgIpc) is 3.43. The number of amides is 1. The van der Waals surface area contributed by atoms with Crippen molar-refractivity contribution in [3.63, 3.8) is 0 Å². The van der Waals surface area contributed by atoms with Gasteiger partial charge in [-0.15, -0.1) is 0 Å². The van der Waals surface area contributed by atoms with E-state index >= 15 is 0 Å². The first kappa shape index (κ1) is 22.7. The number of para-hydroxylation sites is 1. The second-order valence-corrected chi connectivity index (χ2v) is 8.82. The number of anilines is 1. The lowest BCUT2D eigenvalue weighted by atomic mass is 10.0. The van der Waals surface area contributed by atoms with Crippen LogP contribution in [0.15, 0.2) is 91.4 Å². The first-order valence-electron chi connectivity index (χ1n) is 11.5. The fraction of sp³-hybridized carbons (Fsp3) is 0.185. The highest BCUT2D eigenvalue weighted by molar-refractivity contribution is 7.80. The van der Waals surface area contributed by atoms with Crippen LogP contribution in [0.5, 0.6) is 0 Å². The number of pyridine rings is 2. The Morgan fingerprint density at radius 1 is 1.03 bits per heavy atom. The summed E-state index contributed by atoms with van der Waals surface area (Å²) in [5, 5.41) is 7.04. The Hall–Kier alpha value is -4.04. The fourth-order valence-corrected chi connectivity index (χ4v) is 4.89. The maximum atomic E-state index is 12.7. The van der Waals surface area contributed by atoms with Crippen molar-refractivity contribution in [3.05, 3.63) is 108 Å². The molecular formula is C27H26N6OS. The van der Waals surface area contributed by atoms with E-state index in [-0.39, 0.29) is 18.0 Å². The molecule has 2 atom stereocenters. The maximum Gasteiger partial charge on any atom is 0.226 e. The van der Waals surface area contributed by atoms with Crippen LogP contribution in [0.4, 0.5) is 5.69 Å². The normalized spacial score (nSPS) is 17.3. The molecule has 0 spiro atoms. The quantitative estimate of drug-likeness (QED) is 0.376. The van der Waals surface area contributed by atoms with E-state index in [1.165, 1.54) is 0 Å². The van der Waals surface area contributed by atoms with Crippen LogP contribution < -0.4 is 10.6 Å². The first-order chi connectivity index (χ1) is 17.1. The molecule has 0 bridgehead atoms. The predicted octanol–water partition coefficient (Wildman–Crippen LogP) is 4.58. The molecule has 2 N–H and O–H groups in total. The lowest BCUT2D eigenvalue weighted by Crippen LogP contribution is -2.33. The third-order valence-electron chi connectivity index (χ3n) is 6.15. The standard InChI is InChI=1S/C27H26N6OS/c1-19-12-13-23(33(19)21-10-7-15-28-18-21)26-25(22-11-5-6-16-29-22)31-27(35)32(26)17-14-24(34)30-20-8-3-2-4-9-20/h2-13,15-16,18,25-26H,14,17H2,1H3,(H,30,34)(H,31,35)/t25-,26+/m0/s1.